The maximum atomic E-state index is 13.2. The van der Waals surface area contributed by atoms with Crippen molar-refractivity contribution in [3.63, 3.8) is 0 Å². The van der Waals surface area contributed by atoms with Crippen molar-refractivity contribution in [3.05, 3.63) is 29.2 Å². The Hall–Kier alpha value is -1.99. The predicted octanol–water partition coefficient (Wildman–Crippen LogP) is 1.74. The fourth-order valence-electron chi connectivity index (χ4n) is 5.27. The summed E-state index contributed by atoms with van der Waals surface area (Å²) >= 11 is 0. The lowest BCUT2D eigenvalue weighted by molar-refractivity contribution is -0.139. The van der Waals surface area contributed by atoms with Gasteiger partial charge in [-0.2, -0.15) is 5.10 Å². The van der Waals surface area contributed by atoms with E-state index in [-0.39, 0.29) is 30.2 Å². The van der Waals surface area contributed by atoms with Crippen LogP contribution in [-0.2, 0) is 16.0 Å². The van der Waals surface area contributed by atoms with Crippen LogP contribution in [0.2, 0.25) is 0 Å². The van der Waals surface area contributed by atoms with Crippen LogP contribution in [0.3, 0.4) is 0 Å². The van der Waals surface area contributed by atoms with E-state index in [1.807, 2.05) is 23.7 Å². The van der Waals surface area contributed by atoms with E-state index >= 15 is 0 Å². The Morgan fingerprint density at radius 3 is 2.81 bits per heavy atom. The molecule has 0 N–H and O–H groups in total. The van der Waals surface area contributed by atoms with Crippen LogP contribution < -0.4 is 0 Å². The molecule has 7 nitrogen and oxygen atoms in total. The molecule has 4 atom stereocenters. The summed E-state index contributed by atoms with van der Waals surface area (Å²) < 4.78 is 7.79. The van der Waals surface area contributed by atoms with Gasteiger partial charge in [-0.1, -0.05) is 0 Å². The van der Waals surface area contributed by atoms with Gasteiger partial charge in [0.15, 0.2) is 5.65 Å². The van der Waals surface area contributed by atoms with Crippen LogP contribution in [0.5, 0.6) is 0 Å². The standard InChI is InChI=1S/C20H27N5O2/c1-12-6-19-21-8-16-17-5-4-15(7-18(16)25(19)22-12)24(17)20(26)11-23-9-13(2)27-14(3)10-23/h6,8,13-15,17H,4-5,7,9-11H2,1-3H3/t13-,14-,15-,17-/m1/s1. The van der Waals surface area contributed by atoms with Gasteiger partial charge in [-0.05, 0) is 33.6 Å². The van der Waals surface area contributed by atoms with E-state index in [9.17, 15) is 4.79 Å². The van der Waals surface area contributed by atoms with E-state index < -0.39 is 0 Å². The van der Waals surface area contributed by atoms with Crippen LogP contribution in [0.25, 0.3) is 5.65 Å². The lowest BCUT2D eigenvalue weighted by atomic mass is 9.99. The first-order chi connectivity index (χ1) is 13.0. The van der Waals surface area contributed by atoms with E-state index in [0.717, 1.165) is 43.7 Å². The third kappa shape index (κ3) is 2.84. The number of carbonyl (C=O) groups is 1. The zero-order valence-electron chi connectivity index (χ0n) is 16.3. The molecule has 5 rings (SSSR count). The fraction of sp³-hybridized carbons (Fsp3) is 0.650. The fourth-order valence-corrected chi connectivity index (χ4v) is 5.27. The van der Waals surface area contributed by atoms with Crippen molar-refractivity contribution >= 4 is 11.6 Å². The minimum absolute atomic E-state index is 0.142. The number of nitrogens with zero attached hydrogens (tertiary/aromatic N) is 5. The zero-order chi connectivity index (χ0) is 18.7. The molecular formula is C20H27N5O2. The predicted molar refractivity (Wildman–Crippen MR) is 100 cm³/mol. The molecular weight excluding hydrogens is 342 g/mol. The Bertz CT molecular complexity index is 884. The number of morpholine rings is 1. The molecule has 0 aromatic carbocycles. The van der Waals surface area contributed by atoms with Gasteiger partial charge in [0.1, 0.15) is 0 Å². The highest BCUT2D eigenvalue weighted by Crippen LogP contribution is 2.43. The van der Waals surface area contributed by atoms with Gasteiger partial charge in [0, 0.05) is 43.4 Å². The largest absolute Gasteiger partial charge is 0.373 e. The molecule has 1 amide bonds. The second-order valence-corrected chi connectivity index (χ2v) is 8.42. The first kappa shape index (κ1) is 17.1. The molecule has 2 saturated heterocycles. The van der Waals surface area contributed by atoms with Crippen molar-refractivity contribution in [2.75, 3.05) is 19.6 Å². The number of carbonyl (C=O) groups excluding carboxylic acids is 1. The highest BCUT2D eigenvalue weighted by atomic mass is 16.5. The van der Waals surface area contributed by atoms with E-state index in [1.54, 1.807) is 0 Å². The Morgan fingerprint density at radius 2 is 2.04 bits per heavy atom. The van der Waals surface area contributed by atoms with Crippen LogP contribution in [0.4, 0.5) is 0 Å². The van der Waals surface area contributed by atoms with Crippen molar-refractivity contribution < 1.29 is 9.53 Å². The number of ether oxygens (including phenoxy) is 1. The van der Waals surface area contributed by atoms with Crippen molar-refractivity contribution in [1.82, 2.24) is 24.4 Å². The SMILES string of the molecule is Cc1cc2ncc3c(n2n1)C[C@H]1CC[C@H]3N1C(=O)CN1C[C@@H](C)O[C@H](C)C1. The summed E-state index contributed by atoms with van der Waals surface area (Å²) in [5.74, 6) is 0.242. The smallest absolute Gasteiger partial charge is 0.237 e. The molecule has 3 aliphatic heterocycles. The Kier molecular flexibility index (Phi) is 3.98. The molecule has 3 aliphatic rings. The Balaban J connectivity index is 1.41. The average Bonchev–Trinajstić information content (AvgIpc) is 3.13. The van der Waals surface area contributed by atoms with Crippen LogP contribution in [0.1, 0.15) is 49.7 Å². The summed E-state index contributed by atoms with van der Waals surface area (Å²) in [6.45, 7) is 8.29. The second kappa shape index (κ2) is 6.27. The zero-order valence-corrected chi connectivity index (χ0v) is 16.3. The molecule has 27 heavy (non-hydrogen) atoms. The maximum absolute atomic E-state index is 13.2. The molecule has 2 aromatic rings. The number of rotatable bonds is 2. The van der Waals surface area contributed by atoms with E-state index in [1.165, 1.54) is 11.3 Å². The van der Waals surface area contributed by atoms with E-state index in [4.69, 9.17) is 4.74 Å². The van der Waals surface area contributed by atoms with Crippen LogP contribution in [0.15, 0.2) is 12.3 Å². The van der Waals surface area contributed by atoms with Crippen molar-refractivity contribution in [1.29, 1.82) is 0 Å². The third-order valence-corrected chi connectivity index (χ3v) is 6.17. The molecule has 144 valence electrons. The van der Waals surface area contributed by atoms with Crippen LogP contribution >= 0.6 is 0 Å². The quantitative estimate of drug-likeness (QED) is 0.807. The van der Waals surface area contributed by atoms with Gasteiger partial charge in [-0.25, -0.2) is 9.50 Å². The number of fused-ring (bicyclic) bond motifs is 6. The van der Waals surface area contributed by atoms with Gasteiger partial charge in [-0.15, -0.1) is 0 Å². The molecule has 7 heteroatoms. The van der Waals surface area contributed by atoms with Gasteiger partial charge >= 0.3 is 0 Å². The molecule has 0 spiro atoms. The lowest BCUT2D eigenvalue weighted by Gasteiger charge is -2.39. The van der Waals surface area contributed by atoms with Crippen molar-refractivity contribution in [2.24, 2.45) is 0 Å². The van der Waals surface area contributed by atoms with Gasteiger partial charge in [0.25, 0.3) is 0 Å². The minimum atomic E-state index is 0.142. The summed E-state index contributed by atoms with van der Waals surface area (Å²) in [5.41, 5.74) is 4.30. The van der Waals surface area contributed by atoms with Crippen molar-refractivity contribution in [2.45, 2.75) is 64.3 Å². The first-order valence-electron chi connectivity index (χ1n) is 10.0. The number of hydrogen-bond acceptors (Lipinski definition) is 5. The average molecular weight is 369 g/mol. The summed E-state index contributed by atoms with van der Waals surface area (Å²) in [4.78, 5) is 22.2. The minimum Gasteiger partial charge on any atom is -0.373 e. The van der Waals surface area contributed by atoms with Gasteiger partial charge in [0.05, 0.1) is 36.2 Å². The topological polar surface area (TPSA) is 63.0 Å². The van der Waals surface area contributed by atoms with Gasteiger partial charge in [-0.3, -0.25) is 9.69 Å². The summed E-state index contributed by atoms with van der Waals surface area (Å²) in [6.07, 6.45) is 5.28. The molecule has 0 radical (unpaired) electrons. The molecule has 0 aliphatic carbocycles. The highest BCUT2D eigenvalue weighted by molar-refractivity contribution is 5.80. The number of hydrogen-bond donors (Lipinski definition) is 0. The van der Waals surface area contributed by atoms with Crippen LogP contribution in [0, 0.1) is 6.92 Å². The monoisotopic (exact) mass is 369 g/mol. The van der Waals surface area contributed by atoms with Gasteiger partial charge < -0.3 is 9.64 Å². The molecule has 2 fully saturated rings. The highest BCUT2D eigenvalue weighted by Gasteiger charge is 2.44. The summed E-state index contributed by atoms with van der Waals surface area (Å²) in [6, 6.07) is 2.44. The summed E-state index contributed by atoms with van der Waals surface area (Å²) in [5, 5.41) is 4.63. The number of amides is 1. The van der Waals surface area contributed by atoms with E-state index in [0.29, 0.717) is 6.54 Å². The summed E-state index contributed by atoms with van der Waals surface area (Å²) in [7, 11) is 0. The molecule has 2 aromatic heterocycles. The molecule has 5 heterocycles. The van der Waals surface area contributed by atoms with E-state index in [2.05, 4.69) is 33.7 Å². The Morgan fingerprint density at radius 1 is 1.26 bits per heavy atom. The third-order valence-electron chi connectivity index (χ3n) is 6.17. The number of aromatic nitrogens is 3. The van der Waals surface area contributed by atoms with Crippen molar-refractivity contribution in [3.8, 4) is 0 Å². The number of aryl methyl sites for hydroxylation is 1. The second-order valence-electron chi connectivity index (χ2n) is 8.42. The molecule has 2 bridgehead atoms. The van der Waals surface area contributed by atoms with Crippen LogP contribution in [-0.4, -0.2) is 68.2 Å². The lowest BCUT2D eigenvalue weighted by Crippen LogP contribution is -2.52. The van der Waals surface area contributed by atoms with Gasteiger partial charge in [0.2, 0.25) is 5.91 Å². The normalized spacial score (nSPS) is 30.7. The maximum Gasteiger partial charge on any atom is 0.237 e. The Labute approximate surface area is 159 Å². The first-order valence-corrected chi connectivity index (χ1v) is 10.0. The molecule has 0 unspecified atom stereocenters. The molecule has 0 saturated carbocycles.